The van der Waals surface area contributed by atoms with Crippen molar-refractivity contribution >= 4 is 22.2 Å². The molecule has 5 heteroatoms. The molecule has 0 amide bonds. The number of rotatable bonds is 6. The van der Waals surface area contributed by atoms with Gasteiger partial charge in [0, 0.05) is 18.7 Å². The molecular formula is C27H34N2O2S. The van der Waals surface area contributed by atoms with E-state index in [1.807, 2.05) is 49.4 Å². The van der Waals surface area contributed by atoms with Crippen LogP contribution < -0.4 is 4.90 Å². The molecule has 1 unspecified atom stereocenters. The van der Waals surface area contributed by atoms with Crippen molar-refractivity contribution in [3.05, 3.63) is 76.9 Å². The fourth-order valence-electron chi connectivity index (χ4n) is 4.29. The number of phenolic OH excluding ortho intramolecular Hbond substituents is 1. The lowest BCUT2D eigenvalue weighted by atomic mass is 10.1. The zero-order valence-electron chi connectivity index (χ0n) is 18.7. The van der Waals surface area contributed by atoms with E-state index in [0.29, 0.717) is 12.3 Å². The highest BCUT2D eigenvalue weighted by atomic mass is 32.2. The second-order valence-corrected chi connectivity index (χ2v) is 9.83. The van der Waals surface area contributed by atoms with Gasteiger partial charge in [0.05, 0.1) is 32.0 Å². The first kappa shape index (κ1) is 24.0. The number of aryl methyl sites for hydroxylation is 2. The predicted octanol–water partition coefficient (Wildman–Crippen LogP) is 6.09. The van der Waals surface area contributed by atoms with Crippen LogP contribution >= 0.6 is 0 Å². The second kappa shape index (κ2) is 9.88. The fraction of sp³-hybridized carbons (Fsp3) is 0.333. The number of benzene rings is 3. The average Bonchev–Trinajstić information content (AvgIpc) is 2.76. The molecule has 4 rings (SSSR count). The molecule has 0 saturated carbocycles. The van der Waals surface area contributed by atoms with Crippen LogP contribution in [-0.2, 0) is 17.3 Å². The molecule has 0 fully saturated rings. The van der Waals surface area contributed by atoms with Gasteiger partial charge in [-0.15, -0.1) is 0 Å². The highest BCUT2D eigenvalue weighted by molar-refractivity contribution is 7.85. The number of para-hydroxylation sites is 2. The maximum absolute atomic E-state index is 13.2. The maximum Gasteiger partial charge on any atom is 0.122 e. The summed E-state index contributed by atoms with van der Waals surface area (Å²) in [6, 6.07) is 18.0. The molecule has 170 valence electrons. The van der Waals surface area contributed by atoms with Crippen molar-refractivity contribution in [1.29, 1.82) is 0 Å². The standard InChI is InChI=1S/C26H30N2O2S.CH4/c1-18-13-14-24-25(20(18)3)28(22-11-5-6-12-23(22)31(24)30)16-8-15-27(4)17-21-10-7-9-19(2)26(21)29;/h5-7,9-14,29H,8,15-17H2,1-4H3;1H4. The summed E-state index contributed by atoms with van der Waals surface area (Å²) in [5, 5.41) is 10.3. The SMILES string of the molecule is C.Cc1ccc2c(c1C)N(CCCN(C)Cc1cccc(C)c1O)c1ccccc1S2=O. The Morgan fingerprint density at radius 2 is 1.69 bits per heavy atom. The molecule has 0 spiro atoms. The third-order valence-electron chi connectivity index (χ3n) is 6.17. The van der Waals surface area contributed by atoms with E-state index in [1.54, 1.807) is 0 Å². The van der Waals surface area contributed by atoms with Crippen LogP contribution in [0.2, 0.25) is 0 Å². The minimum absolute atomic E-state index is 0. The lowest BCUT2D eigenvalue weighted by Crippen LogP contribution is -2.29. The Balaban J connectivity index is 0.00000289. The summed E-state index contributed by atoms with van der Waals surface area (Å²) in [5.41, 5.74) is 6.41. The van der Waals surface area contributed by atoms with Gasteiger partial charge in [-0.05, 0) is 75.7 Å². The number of aromatic hydroxyl groups is 1. The van der Waals surface area contributed by atoms with Crippen molar-refractivity contribution in [1.82, 2.24) is 4.90 Å². The van der Waals surface area contributed by atoms with Gasteiger partial charge >= 0.3 is 0 Å². The quantitative estimate of drug-likeness (QED) is 0.493. The van der Waals surface area contributed by atoms with Crippen LogP contribution in [0.4, 0.5) is 11.4 Å². The van der Waals surface area contributed by atoms with E-state index in [0.717, 1.165) is 51.8 Å². The van der Waals surface area contributed by atoms with Crippen molar-refractivity contribution in [2.75, 3.05) is 25.0 Å². The monoisotopic (exact) mass is 450 g/mol. The first-order valence-corrected chi connectivity index (χ1v) is 11.9. The van der Waals surface area contributed by atoms with Gasteiger partial charge < -0.3 is 14.9 Å². The molecule has 32 heavy (non-hydrogen) atoms. The first-order chi connectivity index (χ1) is 14.9. The van der Waals surface area contributed by atoms with E-state index in [1.165, 1.54) is 11.1 Å². The number of fused-ring (bicyclic) bond motifs is 2. The van der Waals surface area contributed by atoms with Gasteiger partial charge in [0.15, 0.2) is 0 Å². The van der Waals surface area contributed by atoms with Gasteiger partial charge in [-0.25, -0.2) is 4.21 Å². The van der Waals surface area contributed by atoms with Gasteiger partial charge in [0.1, 0.15) is 5.75 Å². The van der Waals surface area contributed by atoms with Crippen LogP contribution in [0.1, 0.15) is 36.1 Å². The topological polar surface area (TPSA) is 43.8 Å². The van der Waals surface area contributed by atoms with E-state index in [-0.39, 0.29) is 7.43 Å². The van der Waals surface area contributed by atoms with Gasteiger partial charge in [0.2, 0.25) is 0 Å². The normalized spacial score (nSPS) is 14.7. The minimum atomic E-state index is -1.15. The van der Waals surface area contributed by atoms with Crippen LogP contribution in [0, 0.1) is 20.8 Å². The Morgan fingerprint density at radius 3 is 2.47 bits per heavy atom. The Bertz CT molecular complexity index is 1140. The molecule has 3 aromatic carbocycles. The third-order valence-corrected chi connectivity index (χ3v) is 7.65. The summed E-state index contributed by atoms with van der Waals surface area (Å²) in [5.74, 6) is 0.391. The summed E-state index contributed by atoms with van der Waals surface area (Å²) in [6.07, 6.45) is 0.955. The van der Waals surface area contributed by atoms with Crippen LogP contribution in [0.5, 0.6) is 5.75 Å². The maximum atomic E-state index is 13.2. The molecule has 0 aliphatic carbocycles. The molecule has 0 saturated heterocycles. The van der Waals surface area contributed by atoms with Crippen LogP contribution in [-0.4, -0.2) is 34.4 Å². The second-order valence-electron chi connectivity index (χ2n) is 8.42. The fourth-order valence-corrected chi connectivity index (χ4v) is 5.72. The van der Waals surface area contributed by atoms with Crippen LogP contribution in [0.15, 0.2) is 64.4 Å². The summed E-state index contributed by atoms with van der Waals surface area (Å²) >= 11 is 0. The number of nitrogens with zero attached hydrogens (tertiary/aromatic N) is 2. The number of hydrogen-bond donors (Lipinski definition) is 1. The molecule has 1 N–H and O–H groups in total. The Labute approximate surface area is 195 Å². The van der Waals surface area contributed by atoms with Crippen molar-refractivity contribution < 1.29 is 9.32 Å². The number of phenols is 1. The van der Waals surface area contributed by atoms with E-state index in [4.69, 9.17) is 0 Å². The highest BCUT2D eigenvalue weighted by Crippen LogP contribution is 2.44. The van der Waals surface area contributed by atoms with E-state index < -0.39 is 10.8 Å². The third kappa shape index (κ3) is 4.45. The van der Waals surface area contributed by atoms with E-state index >= 15 is 0 Å². The van der Waals surface area contributed by atoms with Crippen LogP contribution in [0.25, 0.3) is 0 Å². The van der Waals surface area contributed by atoms with E-state index in [9.17, 15) is 9.32 Å². The molecule has 4 nitrogen and oxygen atoms in total. The first-order valence-electron chi connectivity index (χ1n) is 10.7. The molecule has 0 aromatic heterocycles. The minimum Gasteiger partial charge on any atom is -0.507 e. The Kier molecular flexibility index (Phi) is 7.42. The predicted molar refractivity (Wildman–Crippen MR) is 135 cm³/mol. The smallest absolute Gasteiger partial charge is 0.122 e. The van der Waals surface area contributed by atoms with Gasteiger partial charge in [0.25, 0.3) is 0 Å². The molecule has 1 heterocycles. The summed E-state index contributed by atoms with van der Waals surface area (Å²) in [4.78, 5) is 6.37. The van der Waals surface area contributed by atoms with Gasteiger partial charge in [-0.2, -0.15) is 0 Å². The largest absolute Gasteiger partial charge is 0.507 e. The van der Waals surface area contributed by atoms with E-state index in [2.05, 4.69) is 42.8 Å². The summed E-state index contributed by atoms with van der Waals surface area (Å²) < 4.78 is 13.2. The Hall–Kier alpha value is -2.63. The van der Waals surface area contributed by atoms with Gasteiger partial charge in [-0.3, -0.25) is 0 Å². The zero-order valence-corrected chi connectivity index (χ0v) is 19.5. The molecular weight excluding hydrogens is 416 g/mol. The average molecular weight is 451 g/mol. The summed E-state index contributed by atoms with van der Waals surface area (Å²) in [7, 11) is 0.933. The van der Waals surface area contributed by atoms with Crippen molar-refractivity contribution in [3.63, 3.8) is 0 Å². The molecule has 1 atom stereocenters. The molecule has 1 aliphatic heterocycles. The zero-order chi connectivity index (χ0) is 22.1. The summed E-state index contributed by atoms with van der Waals surface area (Å²) in [6.45, 7) is 8.62. The lowest BCUT2D eigenvalue weighted by molar-refractivity contribution is 0.317. The van der Waals surface area contributed by atoms with Gasteiger partial charge in [-0.1, -0.05) is 43.8 Å². The van der Waals surface area contributed by atoms with Crippen LogP contribution in [0.3, 0.4) is 0 Å². The number of anilines is 2. The number of hydrogen-bond acceptors (Lipinski definition) is 4. The highest BCUT2D eigenvalue weighted by Gasteiger charge is 2.29. The van der Waals surface area contributed by atoms with Crippen molar-refractivity contribution in [2.24, 2.45) is 0 Å². The molecule has 1 aliphatic rings. The van der Waals surface area contributed by atoms with Crippen molar-refractivity contribution in [3.8, 4) is 5.75 Å². The molecule has 3 aromatic rings. The van der Waals surface area contributed by atoms with Crippen molar-refractivity contribution in [2.45, 2.75) is 51.0 Å². The molecule has 0 radical (unpaired) electrons. The lowest BCUT2D eigenvalue weighted by Gasteiger charge is -2.35. The Morgan fingerprint density at radius 1 is 0.938 bits per heavy atom. The molecule has 0 bridgehead atoms.